The first kappa shape index (κ1) is 40.5. The third-order valence-electron chi connectivity index (χ3n) is 8.19. The highest BCUT2D eigenvalue weighted by Gasteiger charge is 2.09. The minimum atomic E-state index is 0.734. The van der Waals surface area contributed by atoms with Gasteiger partial charge in [0.2, 0.25) is 0 Å². The molecule has 0 bridgehead atoms. The summed E-state index contributed by atoms with van der Waals surface area (Å²) in [6.07, 6.45) is 57.3. The summed E-state index contributed by atoms with van der Waals surface area (Å²) in [6.45, 7) is 7.49. The Hall–Kier alpha value is -1.50. The van der Waals surface area contributed by atoms with E-state index in [0.29, 0.717) is 0 Å². The van der Waals surface area contributed by atoms with Crippen molar-refractivity contribution >= 4 is 0 Å². The molecule has 0 aliphatic heterocycles. The second kappa shape index (κ2) is 37.5. The van der Waals surface area contributed by atoms with Crippen LogP contribution in [0.15, 0.2) is 60.9 Å². The van der Waals surface area contributed by atoms with Crippen molar-refractivity contribution in [2.45, 2.75) is 188 Å². The molecule has 0 spiro atoms. The summed E-state index contributed by atoms with van der Waals surface area (Å²) in [5, 5.41) is 0. The van der Waals surface area contributed by atoms with Gasteiger partial charge in [-0.1, -0.05) is 158 Å². The van der Waals surface area contributed by atoms with Crippen LogP contribution in [-0.4, -0.2) is 6.61 Å². The predicted octanol–water partition coefficient (Wildman–Crippen LogP) is 14.6. The van der Waals surface area contributed by atoms with E-state index in [1.54, 1.807) is 0 Å². The van der Waals surface area contributed by atoms with Crippen molar-refractivity contribution in [2.75, 3.05) is 6.61 Å². The van der Waals surface area contributed by atoms with Crippen LogP contribution in [-0.2, 0) is 4.74 Å². The van der Waals surface area contributed by atoms with Gasteiger partial charge in [-0.05, 0) is 89.9 Å². The Morgan fingerprint density at radius 2 is 0.786 bits per heavy atom. The number of hydrogen-bond donors (Lipinski definition) is 0. The molecule has 0 saturated carbocycles. The van der Waals surface area contributed by atoms with Crippen molar-refractivity contribution in [1.29, 1.82) is 0 Å². The smallest absolute Gasteiger partial charge is 0.0901 e. The van der Waals surface area contributed by atoms with Crippen LogP contribution in [0, 0.1) is 5.92 Å². The lowest BCUT2D eigenvalue weighted by atomic mass is 9.94. The van der Waals surface area contributed by atoms with Gasteiger partial charge in [0.15, 0.2) is 0 Å². The highest BCUT2D eigenvalue weighted by molar-refractivity contribution is 4.93. The number of rotatable bonds is 33. The van der Waals surface area contributed by atoms with Crippen molar-refractivity contribution < 1.29 is 4.74 Å². The zero-order chi connectivity index (χ0) is 30.4. The molecular formula is C41H74O. The van der Waals surface area contributed by atoms with Crippen LogP contribution >= 0.6 is 0 Å². The lowest BCUT2D eigenvalue weighted by Crippen LogP contribution is -2.08. The maximum absolute atomic E-state index is 5.80. The molecule has 0 aromatic heterocycles. The largest absolute Gasteiger partial charge is 0.501 e. The third kappa shape index (κ3) is 34.7. The van der Waals surface area contributed by atoms with Gasteiger partial charge in [-0.15, -0.1) is 0 Å². The van der Waals surface area contributed by atoms with Gasteiger partial charge in [0.1, 0.15) is 0 Å². The average Bonchev–Trinajstić information content (AvgIpc) is 3.00. The molecule has 244 valence electrons. The van der Waals surface area contributed by atoms with Gasteiger partial charge in [-0.3, -0.25) is 0 Å². The van der Waals surface area contributed by atoms with E-state index in [1.807, 2.05) is 19.3 Å². The fraction of sp³-hybridized carbons (Fsp3) is 0.756. The molecular weight excluding hydrogens is 508 g/mol. The van der Waals surface area contributed by atoms with Crippen molar-refractivity contribution in [1.82, 2.24) is 0 Å². The zero-order valence-electron chi connectivity index (χ0n) is 28.9. The van der Waals surface area contributed by atoms with Gasteiger partial charge in [0.25, 0.3) is 0 Å². The van der Waals surface area contributed by atoms with Gasteiger partial charge in [-0.25, -0.2) is 0 Å². The molecule has 0 heterocycles. The van der Waals surface area contributed by atoms with Gasteiger partial charge < -0.3 is 4.74 Å². The highest BCUT2D eigenvalue weighted by atomic mass is 16.5. The Morgan fingerprint density at radius 3 is 1.17 bits per heavy atom. The van der Waals surface area contributed by atoms with E-state index >= 15 is 0 Å². The van der Waals surface area contributed by atoms with E-state index < -0.39 is 0 Å². The van der Waals surface area contributed by atoms with E-state index in [-0.39, 0.29) is 0 Å². The standard InChI is InChI=1S/C41H74O/c1-4-7-9-11-13-15-17-19-21-23-25-27-29-31-33-35-37-41(40-42-39-6-3)38-36-34-32-30-28-26-24-22-20-18-16-14-12-10-8-5-2/h6,13-16,19-22,39,41H,4-5,7-12,17-18,23-38,40H2,1-3H3/b15-13-,16-14-,21-19-,22-20-,39-6+. The molecule has 42 heavy (non-hydrogen) atoms. The maximum Gasteiger partial charge on any atom is 0.0901 e. The third-order valence-corrected chi connectivity index (χ3v) is 8.19. The fourth-order valence-corrected chi connectivity index (χ4v) is 5.44. The van der Waals surface area contributed by atoms with Gasteiger partial charge in [0.05, 0.1) is 12.9 Å². The summed E-state index contributed by atoms with van der Waals surface area (Å²) in [5.41, 5.74) is 0. The Balaban J connectivity index is 3.70. The van der Waals surface area contributed by atoms with E-state index in [2.05, 4.69) is 62.5 Å². The van der Waals surface area contributed by atoms with Crippen LogP contribution in [0.1, 0.15) is 188 Å². The fourth-order valence-electron chi connectivity index (χ4n) is 5.44. The summed E-state index contributed by atoms with van der Waals surface area (Å²) < 4.78 is 5.80. The first-order valence-corrected chi connectivity index (χ1v) is 18.7. The Kier molecular flexibility index (Phi) is 36.2. The molecule has 0 aliphatic carbocycles. The van der Waals surface area contributed by atoms with E-state index in [0.717, 1.165) is 25.4 Å². The summed E-state index contributed by atoms with van der Waals surface area (Å²) in [4.78, 5) is 0. The molecule has 0 aromatic rings. The average molecular weight is 583 g/mol. The molecule has 0 rings (SSSR count). The van der Waals surface area contributed by atoms with Gasteiger partial charge in [0, 0.05) is 0 Å². The van der Waals surface area contributed by atoms with Crippen LogP contribution in [0.4, 0.5) is 0 Å². The SMILES string of the molecule is C/C=C/OCC(CCCCCCCC/C=C\C/C=C\CCCCC)CCCCCCCC/C=C\C/C=C\CCCCC. The molecule has 0 radical (unpaired) electrons. The first-order valence-electron chi connectivity index (χ1n) is 18.7. The van der Waals surface area contributed by atoms with Crippen LogP contribution < -0.4 is 0 Å². The molecule has 0 saturated heterocycles. The Labute approximate surface area is 265 Å². The highest BCUT2D eigenvalue weighted by Crippen LogP contribution is 2.20. The molecule has 0 amide bonds. The molecule has 0 atom stereocenters. The minimum absolute atomic E-state index is 0.734. The molecule has 0 aliphatic rings. The van der Waals surface area contributed by atoms with Gasteiger partial charge in [-0.2, -0.15) is 0 Å². The predicted molar refractivity (Wildman–Crippen MR) is 192 cm³/mol. The number of unbranched alkanes of at least 4 members (excludes halogenated alkanes) is 18. The quantitative estimate of drug-likeness (QED) is 0.0425. The molecule has 0 fully saturated rings. The molecule has 0 aromatic carbocycles. The van der Waals surface area contributed by atoms with E-state index in [1.165, 1.54) is 154 Å². The van der Waals surface area contributed by atoms with Crippen LogP contribution in [0.5, 0.6) is 0 Å². The summed E-state index contributed by atoms with van der Waals surface area (Å²) in [5.74, 6) is 0.734. The van der Waals surface area contributed by atoms with Gasteiger partial charge >= 0.3 is 0 Å². The number of ether oxygens (including phenoxy) is 1. The minimum Gasteiger partial charge on any atom is -0.501 e. The number of allylic oxidation sites excluding steroid dienone is 9. The van der Waals surface area contributed by atoms with Crippen molar-refractivity contribution in [2.24, 2.45) is 5.92 Å². The summed E-state index contributed by atoms with van der Waals surface area (Å²) >= 11 is 0. The van der Waals surface area contributed by atoms with Crippen molar-refractivity contribution in [3.05, 3.63) is 60.9 Å². The monoisotopic (exact) mass is 583 g/mol. The topological polar surface area (TPSA) is 9.23 Å². The normalized spacial score (nSPS) is 12.6. The lowest BCUT2D eigenvalue weighted by Gasteiger charge is -2.16. The molecule has 0 N–H and O–H groups in total. The molecule has 0 unspecified atom stereocenters. The van der Waals surface area contributed by atoms with E-state index in [9.17, 15) is 0 Å². The Morgan fingerprint density at radius 1 is 0.429 bits per heavy atom. The second-order valence-corrected chi connectivity index (χ2v) is 12.4. The van der Waals surface area contributed by atoms with E-state index in [4.69, 9.17) is 4.74 Å². The summed E-state index contributed by atoms with van der Waals surface area (Å²) in [6, 6.07) is 0. The molecule has 1 nitrogen and oxygen atoms in total. The lowest BCUT2D eigenvalue weighted by molar-refractivity contribution is 0.176. The van der Waals surface area contributed by atoms with Crippen LogP contribution in [0.25, 0.3) is 0 Å². The molecule has 1 heteroatoms. The second-order valence-electron chi connectivity index (χ2n) is 12.4. The van der Waals surface area contributed by atoms with Crippen LogP contribution in [0.3, 0.4) is 0 Å². The first-order chi connectivity index (χ1) is 20.8. The maximum atomic E-state index is 5.80. The Bertz CT molecular complexity index is 589. The summed E-state index contributed by atoms with van der Waals surface area (Å²) in [7, 11) is 0. The van der Waals surface area contributed by atoms with Crippen molar-refractivity contribution in [3.63, 3.8) is 0 Å². The van der Waals surface area contributed by atoms with Crippen LogP contribution in [0.2, 0.25) is 0 Å². The zero-order valence-corrected chi connectivity index (χ0v) is 28.9. The van der Waals surface area contributed by atoms with Crippen molar-refractivity contribution in [3.8, 4) is 0 Å². The number of hydrogen-bond acceptors (Lipinski definition) is 1.